The zero-order valence-corrected chi connectivity index (χ0v) is 9.18. The Kier molecular flexibility index (Phi) is 3.02. The molecule has 0 amide bonds. The molecule has 0 saturated carbocycles. The van der Waals surface area contributed by atoms with E-state index in [0.717, 1.165) is 25.2 Å². The predicted molar refractivity (Wildman–Crippen MR) is 54.1 cm³/mol. The van der Waals surface area contributed by atoms with Crippen molar-refractivity contribution in [2.75, 3.05) is 0 Å². The Morgan fingerprint density at radius 1 is 1.47 bits per heavy atom. The number of rotatable bonds is 3. The molecule has 2 heterocycles. The molecule has 0 bridgehead atoms. The maximum atomic E-state index is 9.09. The number of hydrogen-bond acceptors (Lipinski definition) is 4. The average Bonchev–Trinajstić information content (AvgIpc) is 2.82. The number of ether oxygens (including phenoxy) is 1. The maximum Gasteiger partial charge on any atom is 0.162 e. The third-order valence-electron chi connectivity index (χ3n) is 2.83. The van der Waals surface area contributed by atoms with Crippen LogP contribution in [0.1, 0.15) is 44.4 Å². The largest absolute Gasteiger partial charge is 0.388 e. The van der Waals surface area contributed by atoms with E-state index in [1.165, 1.54) is 0 Å². The first-order valence-electron chi connectivity index (χ1n) is 5.44. The number of aromatic nitrogens is 3. The van der Waals surface area contributed by atoms with Crippen LogP contribution in [0.25, 0.3) is 0 Å². The second kappa shape index (κ2) is 4.28. The van der Waals surface area contributed by atoms with Crippen molar-refractivity contribution in [2.45, 2.75) is 52.0 Å². The Balaban J connectivity index is 2.24. The average molecular weight is 211 g/mol. The van der Waals surface area contributed by atoms with E-state index in [9.17, 15) is 0 Å². The van der Waals surface area contributed by atoms with Crippen molar-refractivity contribution >= 4 is 0 Å². The molecule has 1 saturated heterocycles. The lowest BCUT2D eigenvalue weighted by atomic mass is 10.2. The molecule has 1 N–H and O–H groups in total. The summed E-state index contributed by atoms with van der Waals surface area (Å²) in [4.78, 5) is 0. The highest BCUT2D eigenvalue weighted by atomic mass is 16.5. The highest BCUT2D eigenvalue weighted by molar-refractivity contribution is 5.00. The van der Waals surface area contributed by atoms with Crippen molar-refractivity contribution in [1.29, 1.82) is 0 Å². The highest BCUT2D eigenvalue weighted by Gasteiger charge is 2.28. The molecule has 1 aromatic heterocycles. The molecule has 5 nitrogen and oxygen atoms in total. The molecule has 0 radical (unpaired) electrons. The number of aliphatic hydroxyl groups excluding tert-OH is 1. The first-order valence-corrected chi connectivity index (χ1v) is 5.44. The lowest BCUT2D eigenvalue weighted by Gasteiger charge is -2.12. The molecule has 2 atom stereocenters. The van der Waals surface area contributed by atoms with Crippen LogP contribution in [0, 0.1) is 0 Å². The summed E-state index contributed by atoms with van der Waals surface area (Å²) in [5.41, 5.74) is 0. The third-order valence-corrected chi connectivity index (χ3v) is 2.83. The third kappa shape index (κ3) is 1.89. The van der Waals surface area contributed by atoms with E-state index in [-0.39, 0.29) is 12.7 Å². The predicted octanol–water partition coefficient (Wildman–Crippen LogP) is 1.03. The smallest absolute Gasteiger partial charge is 0.162 e. The first kappa shape index (κ1) is 10.6. The summed E-state index contributed by atoms with van der Waals surface area (Å²) < 4.78 is 7.68. The summed E-state index contributed by atoms with van der Waals surface area (Å²) in [5.74, 6) is 1.47. The minimum Gasteiger partial charge on any atom is -0.388 e. The van der Waals surface area contributed by atoms with Crippen molar-refractivity contribution in [3.05, 3.63) is 11.6 Å². The van der Waals surface area contributed by atoms with Crippen LogP contribution in [0.3, 0.4) is 0 Å². The fourth-order valence-corrected chi connectivity index (χ4v) is 2.04. The number of nitrogens with zero attached hydrogens (tertiary/aromatic N) is 3. The van der Waals surface area contributed by atoms with Crippen LogP contribution >= 0.6 is 0 Å². The van der Waals surface area contributed by atoms with E-state index >= 15 is 0 Å². The van der Waals surface area contributed by atoms with Crippen LogP contribution in [0.4, 0.5) is 0 Å². The van der Waals surface area contributed by atoms with Gasteiger partial charge in [0.1, 0.15) is 12.7 Å². The lowest BCUT2D eigenvalue weighted by Crippen LogP contribution is -2.11. The van der Waals surface area contributed by atoms with Crippen molar-refractivity contribution in [1.82, 2.24) is 14.8 Å². The van der Waals surface area contributed by atoms with Gasteiger partial charge in [-0.25, -0.2) is 0 Å². The quantitative estimate of drug-likeness (QED) is 0.811. The van der Waals surface area contributed by atoms with Gasteiger partial charge < -0.3 is 14.4 Å². The number of aliphatic hydroxyl groups is 1. The van der Waals surface area contributed by atoms with E-state index in [4.69, 9.17) is 9.84 Å². The molecule has 5 heteroatoms. The van der Waals surface area contributed by atoms with Crippen LogP contribution in [0.2, 0.25) is 0 Å². The molecule has 0 aromatic carbocycles. The van der Waals surface area contributed by atoms with Gasteiger partial charge in [-0.05, 0) is 26.7 Å². The Labute approximate surface area is 89.1 Å². The molecule has 1 aliphatic rings. The lowest BCUT2D eigenvalue weighted by molar-refractivity contribution is 0.0478. The van der Waals surface area contributed by atoms with Gasteiger partial charge in [-0.2, -0.15) is 0 Å². The Morgan fingerprint density at radius 2 is 2.27 bits per heavy atom. The molecule has 1 aliphatic heterocycles. The monoisotopic (exact) mass is 211 g/mol. The van der Waals surface area contributed by atoms with E-state index in [1.54, 1.807) is 0 Å². The Hall–Kier alpha value is -0.940. The maximum absolute atomic E-state index is 9.09. The zero-order chi connectivity index (χ0) is 10.8. The molecule has 1 aromatic rings. The summed E-state index contributed by atoms with van der Waals surface area (Å²) in [5, 5.41) is 17.2. The van der Waals surface area contributed by atoms with E-state index in [0.29, 0.717) is 11.9 Å². The summed E-state index contributed by atoms with van der Waals surface area (Å²) >= 11 is 0. The Morgan fingerprint density at radius 3 is 2.80 bits per heavy atom. The normalized spacial score (nSPS) is 26.1. The van der Waals surface area contributed by atoms with Gasteiger partial charge in [0.2, 0.25) is 0 Å². The summed E-state index contributed by atoms with van der Waals surface area (Å²) in [6.07, 6.45) is 2.41. The minimum absolute atomic E-state index is 0.0488. The van der Waals surface area contributed by atoms with Crippen LogP contribution in [-0.4, -0.2) is 26.0 Å². The van der Waals surface area contributed by atoms with Crippen LogP contribution in [0.5, 0.6) is 0 Å². The molecular formula is C10H17N3O2. The van der Waals surface area contributed by atoms with Crippen LogP contribution < -0.4 is 0 Å². The van der Waals surface area contributed by atoms with Crippen LogP contribution in [-0.2, 0) is 17.9 Å². The molecule has 2 unspecified atom stereocenters. The summed E-state index contributed by atoms with van der Waals surface area (Å²) in [6, 6.07) is 0. The summed E-state index contributed by atoms with van der Waals surface area (Å²) in [7, 11) is 0. The first-order chi connectivity index (χ1) is 7.26. The van der Waals surface area contributed by atoms with Crippen molar-refractivity contribution in [2.24, 2.45) is 0 Å². The summed E-state index contributed by atoms with van der Waals surface area (Å²) in [6.45, 7) is 4.79. The molecule has 0 aliphatic carbocycles. The van der Waals surface area contributed by atoms with Gasteiger partial charge in [0.25, 0.3) is 0 Å². The van der Waals surface area contributed by atoms with Crippen LogP contribution in [0.15, 0.2) is 0 Å². The van der Waals surface area contributed by atoms with Crippen molar-refractivity contribution in [3.8, 4) is 0 Å². The van der Waals surface area contributed by atoms with Gasteiger partial charge in [0.05, 0.1) is 6.10 Å². The topological polar surface area (TPSA) is 60.2 Å². The second-order valence-electron chi connectivity index (χ2n) is 3.89. The van der Waals surface area contributed by atoms with E-state index in [1.807, 2.05) is 11.5 Å². The molecule has 1 fully saturated rings. The van der Waals surface area contributed by atoms with Gasteiger partial charge in [0.15, 0.2) is 11.6 Å². The van der Waals surface area contributed by atoms with Crippen molar-refractivity contribution < 1.29 is 9.84 Å². The number of hydrogen-bond donors (Lipinski definition) is 1. The fourth-order valence-electron chi connectivity index (χ4n) is 2.04. The van der Waals surface area contributed by atoms with Gasteiger partial charge in [-0.3, -0.25) is 0 Å². The second-order valence-corrected chi connectivity index (χ2v) is 3.89. The molecule has 0 spiro atoms. The molecule has 84 valence electrons. The standard InChI is InChI=1S/C10H17N3O2/c1-3-13-9(6-14)11-12-10(13)8-5-4-7(2)15-8/h7-8,14H,3-6H2,1-2H3. The zero-order valence-electron chi connectivity index (χ0n) is 9.18. The van der Waals surface area contributed by atoms with E-state index < -0.39 is 0 Å². The van der Waals surface area contributed by atoms with Gasteiger partial charge in [-0.15, -0.1) is 10.2 Å². The molecule has 2 rings (SSSR count). The van der Waals surface area contributed by atoms with Gasteiger partial charge in [-0.1, -0.05) is 0 Å². The Bertz CT molecular complexity index is 337. The fraction of sp³-hybridized carbons (Fsp3) is 0.800. The van der Waals surface area contributed by atoms with Crippen molar-refractivity contribution in [3.63, 3.8) is 0 Å². The highest BCUT2D eigenvalue weighted by Crippen LogP contribution is 2.31. The SMILES string of the molecule is CCn1c(CO)nnc1C1CCC(C)O1. The minimum atomic E-state index is -0.0664. The molecule has 15 heavy (non-hydrogen) atoms. The molecular weight excluding hydrogens is 194 g/mol. The van der Waals surface area contributed by atoms with E-state index in [2.05, 4.69) is 17.1 Å². The van der Waals surface area contributed by atoms with Gasteiger partial charge >= 0.3 is 0 Å². The van der Waals surface area contributed by atoms with Gasteiger partial charge in [0, 0.05) is 6.54 Å².